The number of nitrogens with zero attached hydrogens (tertiary/aromatic N) is 1. The Hall–Kier alpha value is -0.130. The summed E-state index contributed by atoms with van der Waals surface area (Å²) in [6.07, 6.45) is 7.78. The molecule has 3 aliphatic rings. The summed E-state index contributed by atoms with van der Waals surface area (Å²) >= 11 is 0. The number of piperazine rings is 1. The summed E-state index contributed by atoms with van der Waals surface area (Å²) in [5, 5.41) is 3.76. The third-order valence-corrected chi connectivity index (χ3v) is 7.30. The van der Waals surface area contributed by atoms with Crippen molar-refractivity contribution in [3.8, 4) is 0 Å². The lowest BCUT2D eigenvalue weighted by Crippen LogP contribution is -2.64. The van der Waals surface area contributed by atoms with Crippen molar-refractivity contribution < 1.29 is 8.42 Å². The van der Waals surface area contributed by atoms with E-state index in [0.717, 1.165) is 25.6 Å². The lowest BCUT2D eigenvalue weighted by atomic mass is 9.90. The highest BCUT2D eigenvalue weighted by Crippen LogP contribution is 2.41. The molecule has 0 amide bonds. The summed E-state index contributed by atoms with van der Waals surface area (Å²) in [6, 6.07) is 0.602. The second kappa shape index (κ2) is 5.58. The Morgan fingerprint density at radius 1 is 1.25 bits per heavy atom. The van der Waals surface area contributed by atoms with Gasteiger partial charge in [-0.1, -0.05) is 19.8 Å². The number of hydrogen-bond acceptors (Lipinski definition) is 4. The van der Waals surface area contributed by atoms with Gasteiger partial charge < -0.3 is 5.32 Å². The van der Waals surface area contributed by atoms with Crippen LogP contribution in [-0.2, 0) is 9.84 Å². The monoisotopic (exact) mass is 300 g/mol. The van der Waals surface area contributed by atoms with Crippen LogP contribution in [0.2, 0.25) is 0 Å². The van der Waals surface area contributed by atoms with Gasteiger partial charge in [0.2, 0.25) is 0 Å². The first-order valence-electron chi connectivity index (χ1n) is 8.23. The maximum Gasteiger partial charge on any atom is 0.151 e. The van der Waals surface area contributed by atoms with Crippen molar-refractivity contribution in [2.24, 2.45) is 5.92 Å². The zero-order valence-corrected chi connectivity index (χ0v) is 13.4. The molecule has 0 bridgehead atoms. The van der Waals surface area contributed by atoms with E-state index in [9.17, 15) is 8.42 Å². The van der Waals surface area contributed by atoms with Gasteiger partial charge in [-0.3, -0.25) is 4.90 Å². The van der Waals surface area contributed by atoms with Gasteiger partial charge in [0.1, 0.15) is 0 Å². The molecule has 1 heterocycles. The molecule has 3 fully saturated rings. The zero-order valence-electron chi connectivity index (χ0n) is 12.6. The van der Waals surface area contributed by atoms with Gasteiger partial charge in [-0.05, 0) is 31.6 Å². The average molecular weight is 300 g/mol. The quantitative estimate of drug-likeness (QED) is 0.834. The molecule has 0 aromatic carbocycles. The van der Waals surface area contributed by atoms with Crippen LogP contribution in [0.1, 0.15) is 45.4 Å². The number of nitrogens with one attached hydrogen (secondary N) is 1. The summed E-state index contributed by atoms with van der Waals surface area (Å²) in [5.41, 5.74) is 0.259. The van der Waals surface area contributed by atoms with Gasteiger partial charge in [0.15, 0.2) is 9.84 Å². The van der Waals surface area contributed by atoms with Crippen LogP contribution in [0.25, 0.3) is 0 Å². The molecule has 3 rings (SSSR count). The Bertz CT molecular complexity index is 439. The van der Waals surface area contributed by atoms with E-state index in [0.29, 0.717) is 11.8 Å². The van der Waals surface area contributed by atoms with Crippen molar-refractivity contribution in [2.75, 3.05) is 31.1 Å². The van der Waals surface area contributed by atoms with Crippen molar-refractivity contribution in [1.29, 1.82) is 0 Å². The summed E-state index contributed by atoms with van der Waals surface area (Å²) < 4.78 is 23.7. The molecule has 1 saturated heterocycles. The van der Waals surface area contributed by atoms with Gasteiger partial charge >= 0.3 is 0 Å². The standard InChI is InChI=1S/C15H28N2O2S/c1-2-20(18,19)10-9-17-11-14(13-5-6-13)16-12-15(17)7-3-4-8-15/h13-14,16H,2-12H2,1H3. The second-order valence-corrected chi connectivity index (χ2v) is 9.41. The van der Waals surface area contributed by atoms with Gasteiger partial charge in [0.05, 0.1) is 5.75 Å². The Morgan fingerprint density at radius 3 is 2.55 bits per heavy atom. The fourth-order valence-corrected chi connectivity index (χ4v) is 4.78. The number of rotatable bonds is 5. The zero-order chi connectivity index (χ0) is 14.2. The third kappa shape index (κ3) is 3.04. The molecule has 116 valence electrons. The van der Waals surface area contributed by atoms with Gasteiger partial charge in [-0.2, -0.15) is 0 Å². The second-order valence-electron chi connectivity index (χ2n) is 6.94. The van der Waals surface area contributed by atoms with E-state index in [1.165, 1.54) is 38.5 Å². The highest BCUT2D eigenvalue weighted by molar-refractivity contribution is 7.91. The molecule has 0 aromatic heterocycles. The average Bonchev–Trinajstić information content (AvgIpc) is 3.19. The Labute approximate surface area is 123 Å². The normalized spacial score (nSPS) is 30.9. The Morgan fingerprint density at radius 2 is 1.95 bits per heavy atom. The fraction of sp³-hybridized carbons (Fsp3) is 1.00. The highest BCUT2D eigenvalue weighted by atomic mass is 32.2. The molecule has 5 heteroatoms. The molecule has 1 N–H and O–H groups in total. The summed E-state index contributed by atoms with van der Waals surface area (Å²) in [6.45, 7) is 4.62. The number of hydrogen-bond donors (Lipinski definition) is 1. The largest absolute Gasteiger partial charge is 0.311 e. The topological polar surface area (TPSA) is 49.4 Å². The minimum absolute atomic E-state index is 0.259. The molecular weight excluding hydrogens is 272 g/mol. The minimum atomic E-state index is -2.85. The fourth-order valence-electron chi connectivity index (χ4n) is 3.99. The molecule has 0 aromatic rings. The Balaban J connectivity index is 1.67. The summed E-state index contributed by atoms with van der Waals surface area (Å²) in [5.74, 6) is 1.46. The van der Waals surface area contributed by atoms with Crippen molar-refractivity contribution in [3.05, 3.63) is 0 Å². The Kier molecular flexibility index (Phi) is 4.13. The molecular formula is C15H28N2O2S. The van der Waals surface area contributed by atoms with Crippen LogP contribution in [0, 0.1) is 5.92 Å². The van der Waals surface area contributed by atoms with Gasteiger partial charge in [-0.15, -0.1) is 0 Å². The predicted molar refractivity (Wildman–Crippen MR) is 81.6 cm³/mol. The third-order valence-electron chi connectivity index (χ3n) is 5.62. The van der Waals surface area contributed by atoms with Gasteiger partial charge in [0, 0.05) is 37.0 Å². The molecule has 4 nitrogen and oxygen atoms in total. The molecule has 2 saturated carbocycles. The van der Waals surface area contributed by atoms with E-state index in [-0.39, 0.29) is 11.3 Å². The molecule has 2 aliphatic carbocycles. The molecule has 1 spiro atoms. The first-order valence-corrected chi connectivity index (χ1v) is 10.1. The van der Waals surface area contributed by atoms with Gasteiger partial charge in [0.25, 0.3) is 0 Å². The van der Waals surface area contributed by atoms with E-state index >= 15 is 0 Å². The smallest absolute Gasteiger partial charge is 0.151 e. The predicted octanol–water partition coefficient (Wildman–Crippen LogP) is 1.42. The first kappa shape index (κ1) is 14.8. The van der Waals surface area contributed by atoms with Crippen molar-refractivity contribution >= 4 is 9.84 Å². The van der Waals surface area contributed by atoms with E-state index in [1.807, 2.05) is 0 Å². The van der Waals surface area contributed by atoms with Crippen molar-refractivity contribution in [1.82, 2.24) is 10.2 Å². The van der Waals surface area contributed by atoms with Crippen LogP contribution in [0.15, 0.2) is 0 Å². The molecule has 20 heavy (non-hydrogen) atoms. The van der Waals surface area contributed by atoms with Crippen LogP contribution >= 0.6 is 0 Å². The van der Waals surface area contributed by atoms with Crippen LogP contribution in [0.4, 0.5) is 0 Å². The van der Waals surface area contributed by atoms with E-state index in [2.05, 4.69) is 10.2 Å². The van der Waals surface area contributed by atoms with Crippen LogP contribution in [0.5, 0.6) is 0 Å². The van der Waals surface area contributed by atoms with Crippen molar-refractivity contribution in [3.63, 3.8) is 0 Å². The summed E-state index contributed by atoms with van der Waals surface area (Å²) in [4.78, 5) is 2.53. The minimum Gasteiger partial charge on any atom is -0.311 e. The van der Waals surface area contributed by atoms with E-state index < -0.39 is 9.84 Å². The maximum atomic E-state index is 11.8. The van der Waals surface area contributed by atoms with Gasteiger partial charge in [-0.25, -0.2) is 8.42 Å². The molecule has 1 aliphatic heterocycles. The SMILES string of the molecule is CCS(=O)(=O)CCN1CC(C2CC2)NCC12CCCC2. The highest BCUT2D eigenvalue weighted by Gasteiger charge is 2.46. The van der Waals surface area contributed by atoms with Crippen LogP contribution in [-0.4, -0.2) is 56.0 Å². The summed E-state index contributed by atoms with van der Waals surface area (Å²) in [7, 11) is -2.85. The van der Waals surface area contributed by atoms with E-state index in [4.69, 9.17) is 0 Å². The lowest BCUT2D eigenvalue weighted by Gasteiger charge is -2.48. The van der Waals surface area contributed by atoms with Crippen LogP contribution < -0.4 is 5.32 Å². The van der Waals surface area contributed by atoms with Crippen molar-refractivity contribution in [2.45, 2.75) is 57.0 Å². The molecule has 0 radical (unpaired) electrons. The van der Waals surface area contributed by atoms with Crippen LogP contribution in [0.3, 0.4) is 0 Å². The molecule has 1 atom stereocenters. The molecule has 1 unspecified atom stereocenters. The number of sulfone groups is 1. The lowest BCUT2D eigenvalue weighted by molar-refractivity contribution is 0.0440. The first-order chi connectivity index (χ1) is 9.55. The van der Waals surface area contributed by atoms with E-state index in [1.54, 1.807) is 6.92 Å². The maximum absolute atomic E-state index is 11.8.